The van der Waals surface area contributed by atoms with Gasteiger partial charge < -0.3 is 0 Å². The molecule has 234 valence electrons. The van der Waals surface area contributed by atoms with E-state index in [-0.39, 0.29) is 0 Å². The second-order valence-corrected chi connectivity index (χ2v) is 15.5. The van der Waals surface area contributed by atoms with Gasteiger partial charge in [-0.2, -0.15) is 0 Å². The summed E-state index contributed by atoms with van der Waals surface area (Å²) in [5, 5.41) is 11.9. The Morgan fingerprint density at radius 1 is 0.280 bits per heavy atom. The second-order valence-electron chi connectivity index (χ2n) is 13.2. The molecule has 1 aliphatic carbocycles. The van der Waals surface area contributed by atoms with Crippen molar-refractivity contribution in [2.24, 2.45) is 0 Å². The number of hydrogen-bond acceptors (Lipinski definition) is 0. The van der Waals surface area contributed by atoms with Gasteiger partial charge in [0.25, 0.3) is 0 Å². The predicted octanol–water partition coefficient (Wildman–Crippen LogP) is 11.3. The Labute approximate surface area is 294 Å². The largest absolute Gasteiger partial charge is 0.0713 e. The Bertz CT molecular complexity index is 2570. The second kappa shape index (κ2) is 11.7. The first-order valence-electron chi connectivity index (χ1n) is 17.4. The molecule has 1 heteroatoms. The fourth-order valence-corrected chi connectivity index (χ4v) is 10.9. The summed E-state index contributed by atoms with van der Waals surface area (Å²) >= 11 is 0. The minimum atomic E-state index is -0.707. The molecule has 0 fully saturated rings. The van der Waals surface area contributed by atoms with Crippen molar-refractivity contribution in [1.29, 1.82) is 0 Å². The van der Waals surface area contributed by atoms with E-state index in [0.717, 1.165) is 0 Å². The van der Waals surface area contributed by atoms with E-state index in [9.17, 15) is 0 Å². The normalized spacial score (nSPS) is 13.1. The zero-order valence-electron chi connectivity index (χ0n) is 27.5. The van der Waals surface area contributed by atoms with Gasteiger partial charge >= 0.3 is 0 Å². The monoisotopic (exact) mass is 652 g/mol. The molecular weight excluding hydrogens is 620 g/mol. The summed E-state index contributed by atoms with van der Waals surface area (Å²) in [6, 6.07) is 74.7. The lowest BCUT2D eigenvalue weighted by Crippen LogP contribution is -2.29. The predicted molar refractivity (Wildman–Crippen MR) is 215 cm³/mol. The van der Waals surface area contributed by atoms with Gasteiger partial charge in [0.15, 0.2) is 0 Å². The summed E-state index contributed by atoms with van der Waals surface area (Å²) in [6.45, 7) is 0. The van der Waals surface area contributed by atoms with E-state index in [2.05, 4.69) is 200 Å². The van der Waals surface area contributed by atoms with Gasteiger partial charge in [-0.1, -0.05) is 194 Å². The van der Waals surface area contributed by atoms with Crippen LogP contribution in [-0.4, -0.2) is 0 Å². The summed E-state index contributed by atoms with van der Waals surface area (Å²) in [6.07, 6.45) is 0. The van der Waals surface area contributed by atoms with Crippen molar-refractivity contribution in [3.05, 3.63) is 222 Å². The van der Waals surface area contributed by atoms with Crippen LogP contribution in [0.15, 0.2) is 200 Å². The van der Waals surface area contributed by atoms with Crippen molar-refractivity contribution in [3.63, 3.8) is 0 Å². The summed E-state index contributed by atoms with van der Waals surface area (Å²) in [7, 11) is -0.707. The third-order valence-corrected chi connectivity index (χ3v) is 13.2. The molecule has 0 aliphatic heterocycles. The molecule has 1 aliphatic rings. The van der Waals surface area contributed by atoms with Crippen molar-refractivity contribution in [2.45, 2.75) is 5.41 Å². The molecule has 0 saturated carbocycles. The molecule has 0 amide bonds. The highest BCUT2D eigenvalue weighted by atomic mass is 31.1. The van der Waals surface area contributed by atoms with E-state index in [1.807, 2.05) is 0 Å². The maximum absolute atomic E-state index is 2.50. The van der Waals surface area contributed by atoms with Gasteiger partial charge in [0.2, 0.25) is 0 Å². The summed E-state index contributed by atoms with van der Waals surface area (Å²) in [4.78, 5) is 0. The minimum Gasteiger partial charge on any atom is -0.0622 e. The topological polar surface area (TPSA) is 0 Å². The fraction of sp³-hybridized carbons (Fsp3) is 0.0204. The fourth-order valence-electron chi connectivity index (χ4n) is 8.63. The van der Waals surface area contributed by atoms with Crippen LogP contribution in [0.2, 0.25) is 0 Å². The van der Waals surface area contributed by atoms with E-state index in [1.54, 1.807) is 0 Å². The van der Waals surface area contributed by atoms with Gasteiger partial charge in [0.1, 0.15) is 0 Å². The van der Waals surface area contributed by atoms with Crippen molar-refractivity contribution >= 4 is 56.2 Å². The zero-order chi connectivity index (χ0) is 33.1. The van der Waals surface area contributed by atoms with Crippen LogP contribution in [0.25, 0.3) is 43.4 Å². The van der Waals surface area contributed by atoms with Crippen LogP contribution >= 0.6 is 7.92 Å². The first-order valence-corrected chi connectivity index (χ1v) is 18.7. The molecule has 0 spiro atoms. The number of fused-ring (bicyclic) bond motifs is 9. The summed E-state index contributed by atoms with van der Waals surface area (Å²) < 4.78 is 0. The smallest absolute Gasteiger partial charge is 0.0622 e. The third-order valence-electron chi connectivity index (χ3n) is 10.7. The highest BCUT2D eigenvalue weighted by molar-refractivity contribution is 7.79. The molecule has 0 radical (unpaired) electrons. The highest BCUT2D eigenvalue weighted by Crippen LogP contribution is 2.56. The van der Waals surface area contributed by atoms with E-state index >= 15 is 0 Å². The maximum Gasteiger partial charge on any atom is 0.0713 e. The Balaban J connectivity index is 1.25. The van der Waals surface area contributed by atoms with E-state index in [4.69, 9.17) is 0 Å². The lowest BCUT2D eigenvalue weighted by atomic mass is 9.67. The van der Waals surface area contributed by atoms with Crippen LogP contribution in [0.3, 0.4) is 0 Å². The molecule has 0 heterocycles. The van der Waals surface area contributed by atoms with Crippen molar-refractivity contribution < 1.29 is 0 Å². The van der Waals surface area contributed by atoms with Crippen LogP contribution < -0.4 is 15.9 Å². The Morgan fingerprint density at radius 2 is 0.660 bits per heavy atom. The molecule has 0 saturated heterocycles. The first kappa shape index (κ1) is 29.1. The molecule has 10 rings (SSSR count). The minimum absolute atomic E-state index is 0.477. The van der Waals surface area contributed by atoms with Crippen LogP contribution in [0.1, 0.15) is 22.3 Å². The molecule has 9 aromatic carbocycles. The van der Waals surface area contributed by atoms with Crippen molar-refractivity contribution in [3.8, 4) is 11.1 Å². The van der Waals surface area contributed by atoms with Crippen LogP contribution in [-0.2, 0) is 5.41 Å². The third kappa shape index (κ3) is 4.29. The van der Waals surface area contributed by atoms with Crippen LogP contribution in [0, 0.1) is 0 Å². The average Bonchev–Trinajstić information content (AvgIpc) is 3.50. The molecule has 0 aromatic heterocycles. The number of hydrogen-bond donors (Lipinski definition) is 0. The van der Waals surface area contributed by atoms with E-state index in [0.29, 0.717) is 0 Å². The molecule has 0 atom stereocenters. The standard InChI is InChI=1S/C49H33P/c1-3-15-36(16-4-1)50(37-17-5-2-6-18-37)38-30-27-34(28-31-38)49(47-25-13-11-23-44(47)45-24-12-14-26-48(45)49)35-29-32-43-41-21-8-7-19-39(41)40-20-9-10-22-42(40)46(43)33-35/h1-33H. The molecule has 0 N–H and O–H groups in total. The Morgan fingerprint density at radius 3 is 1.18 bits per heavy atom. The van der Waals surface area contributed by atoms with Crippen LogP contribution in [0.4, 0.5) is 0 Å². The first-order chi connectivity index (χ1) is 24.8. The van der Waals surface area contributed by atoms with Gasteiger partial charge in [-0.25, -0.2) is 0 Å². The number of benzene rings is 9. The maximum atomic E-state index is 2.50. The molecule has 0 nitrogen and oxygen atoms in total. The Kier molecular flexibility index (Phi) is 6.80. The van der Waals surface area contributed by atoms with Crippen molar-refractivity contribution in [2.75, 3.05) is 0 Å². The van der Waals surface area contributed by atoms with Gasteiger partial charge in [0.05, 0.1) is 5.41 Å². The van der Waals surface area contributed by atoms with Gasteiger partial charge in [-0.3, -0.25) is 0 Å². The molecule has 50 heavy (non-hydrogen) atoms. The van der Waals surface area contributed by atoms with Crippen molar-refractivity contribution in [1.82, 2.24) is 0 Å². The van der Waals surface area contributed by atoms with Crippen LogP contribution in [0.5, 0.6) is 0 Å². The lowest BCUT2D eigenvalue weighted by molar-refractivity contribution is 0.770. The number of rotatable bonds is 5. The molecule has 0 bridgehead atoms. The highest BCUT2D eigenvalue weighted by Gasteiger charge is 2.46. The Hall–Kier alpha value is -5.81. The molecule has 0 unspecified atom stereocenters. The average molecular weight is 653 g/mol. The lowest BCUT2D eigenvalue weighted by Gasteiger charge is -2.34. The summed E-state index contributed by atoms with van der Waals surface area (Å²) in [5.41, 5.74) is 7.41. The van der Waals surface area contributed by atoms with Gasteiger partial charge in [0, 0.05) is 0 Å². The van der Waals surface area contributed by atoms with Gasteiger partial charge in [-0.05, 0) is 95.6 Å². The van der Waals surface area contributed by atoms with E-state index < -0.39 is 13.3 Å². The SMILES string of the molecule is c1ccc(P(c2ccccc2)c2ccc(C3(c4ccc5c6ccccc6c6ccccc6c5c4)c4ccccc4-c4ccccc43)cc2)cc1. The molecule has 9 aromatic rings. The summed E-state index contributed by atoms with van der Waals surface area (Å²) in [5.74, 6) is 0. The quantitative estimate of drug-likeness (QED) is 0.128. The molecular formula is C49H33P. The van der Waals surface area contributed by atoms with Gasteiger partial charge in [-0.15, -0.1) is 0 Å². The zero-order valence-corrected chi connectivity index (χ0v) is 28.4. The van der Waals surface area contributed by atoms with E-state index in [1.165, 1.54) is 81.6 Å².